The standard InChI is InChI=1S/C20H20ClF3N6OS/c1-2-9-29(12-14-3-4-15(21)32-14)18(31)13-7-10-28(11-8-13)17-6-5-16-25-26-19(20(22,23)24)30(16)27-17/h2-6,13H,1,7-12H2. The van der Waals surface area contributed by atoms with Crippen LogP contribution in [0.3, 0.4) is 0 Å². The minimum absolute atomic E-state index is 0.0277. The van der Waals surface area contributed by atoms with Crippen molar-refractivity contribution in [3.05, 3.63) is 52.0 Å². The van der Waals surface area contributed by atoms with E-state index in [0.717, 1.165) is 4.88 Å². The van der Waals surface area contributed by atoms with E-state index in [4.69, 9.17) is 11.6 Å². The first kappa shape index (κ1) is 22.5. The van der Waals surface area contributed by atoms with Crippen molar-refractivity contribution in [2.75, 3.05) is 24.5 Å². The number of anilines is 1. The molecule has 4 rings (SSSR count). The van der Waals surface area contributed by atoms with Crippen molar-refractivity contribution in [1.29, 1.82) is 0 Å². The van der Waals surface area contributed by atoms with E-state index in [1.165, 1.54) is 17.4 Å². The number of halogens is 4. The van der Waals surface area contributed by atoms with Gasteiger partial charge in [-0.05, 0) is 37.1 Å². The average molecular weight is 485 g/mol. The number of alkyl halides is 3. The van der Waals surface area contributed by atoms with Gasteiger partial charge in [0.1, 0.15) is 5.82 Å². The van der Waals surface area contributed by atoms with Gasteiger partial charge in [-0.3, -0.25) is 4.79 Å². The van der Waals surface area contributed by atoms with E-state index in [2.05, 4.69) is 21.9 Å². The van der Waals surface area contributed by atoms with Crippen molar-refractivity contribution in [3.8, 4) is 0 Å². The van der Waals surface area contributed by atoms with Gasteiger partial charge in [0.15, 0.2) is 5.65 Å². The first-order valence-electron chi connectivity index (χ1n) is 9.95. The van der Waals surface area contributed by atoms with Crippen molar-refractivity contribution in [3.63, 3.8) is 0 Å². The second-order valence-corrected chi connectivity index (χ2v) is 9.26. The van der Waals surface area contributed by atoms with Gasteiger partial charge < -0.3 is 9.80 Å². The predicted octanol–water partition coefficient (Wildman–Crippen LogP) is 4.29. The Bertz CT molecular complexity index is 1120. The van der Waals surface area contributed by atoms with Gasteiger partial charge in [0, 0.05) is 30.4 Å². The van der Waals surface area contributed by atoms with E-state index < -0.39 is 12.0 Å². The van der Waals surface area contributed by atoms with Gasteiger partial charge >= 0.3 is 6.18 Å². The molecule has 0 N–H and O–H groups in total. The smallest absolute Gasteiger partial charge is 0.355 e. The quantitative estimate of drug-likeness (QED) is 0.488. The van der Waals surface area contributed by atoms with Gasteiger partial charge in [-0.1, -0.05) is 17.7 Å². The third-order valence-electron chi connectivity index (χ3n) is 5.31. The SMILES string of the molecule is C=CCN(Cc1ccc(Cl)s1)C(=O)C1CCN(c2ccc3nnc(C(F)(F)F)n3n2)CC1. The molecule has 0 saturated carbocycles. The Hall–Kier alpha value is -2.66. The summed E-state index contributed by atoms with van der Waals surface area (Å²) in [6.07, 6.45) is -1.80. The van der Waals surface area contributed by atoms with Gasteiger partial charge in [0.25, 0.3) is 5.82 Å². The molecule has 3 aromatic rings. The monoisotopic (exact) mass is 484 g/mol. The molecule has 0 spiro atoms. The summed E-state index contributed by atoms with van der Waals surface area (Å²) < 4.78 is 40.8. The summed E-state index contributed by atoms with van der Waals surface area (Å²) in [4.78, 5) is 17.7. The number of carbonyl (C=O) groups excluding carboxylic acids is 1. The molecule has 32 heavy (non-hydrogen) atoms. The fraction of sp³-hybridized carbons (Fsp3) is 0.400. The number of nitrogens with zero attached hydrogens (tertiary/aromatic N) is 6. The zero-order valence-electron chi connectivity index (χ0n) is 16.9. The molecule has 170 valence electrons. The molecule has 0 bridgehead atoms. The van der Waals surface area contributed by atoms with Gasteiger partial charge in [-0.25, -0.2) is 0 Å². The lowest BCUT2D eigenvalue weighted by Gasteiger charge is -2.34. The van der Waals surface area contributed by atoms with Crippen molar-refractivity contribution < 1.29 is 18.0 Å². The lowest BCUT2D eigenvalue weighted by molar-refractivity contribution is -0.146. The Labute approximate surface area is 191 Å². The number of piperidine rings is 1. The topological polar surface area (TPSA) is 66.6 Å². The number of amides is 1. The molecule has 0 atom stereocenters. The van der Waals surface area contributed by atoms with Crippen LogP contribution in [-0.4, -0.2) is 50.3 Å². The highest BCUT2D eigenvalue weighted by Crippen LogP contribution is 2.29. The Morgan fingerprint density at radius 2 is 2.00 bits per heavy atom. The van der Waals surface area contributed by atoms with E-state index in [0.29, 0.717) is 53.7 Å². The molecular weight excluding hydrogens is 465 g/mol. The van der Waals surface area contributed by atoms with Gasteiger partial charge in [-0.15, -0.1) is 33.2 Å². The highest BCUT2D eigenvalue weighted by molar-refractivity contribution is 7.16. The molecule has 7 nitrogen and oxygen atoms in total. The van der Waals surface area contributed by atoms with Crippen LogP contribution in [0, 0.1) is 5.92 Å². The van der Waals surface area contributed by atoms with E-state index >= 15 is 0 Å². The Morgan fingerprint density at radius 1 is 1.25 bits per heavy atom. The van der Waals surface area contributed by atoms with Crippen molar-refractivity contribution in [1.82, 2.24) is 24.7 Å². The molecule has 3 aromatic heterocycles. The maximum atomic E-state index is 13.1. The Balaban J connectivity index is 1.44. The number of thiophene rings is 1. The lowest BCUT2D eigenvalue weighted by atomic mass is 9.95. The average Bonchev–Trinajstić information content (AvgIpc) is 3.38. The highest BCUT2D eigenvalue weighted by atomic mass is 35.5. The van der Waals surface area contributed by atoms with Crippen LogP contribution < -0.4 is 4.90 Å². The maximum Gasteiger partial charge on any atom is 0.453 e. The molecule has 0 aliphatic carbocycles. The number of hydrogen-bond acceptors (Lipinski definition) is 6. The zero-order chi connectivity index (χ0) is 22.9. The van der Waals surface area contributed by atoms with E-state index in [9.17, 15) is 18.0 Å². The second-order valence-electron chi connectivity index (χ2n) is 7.46. The van der Waals surface area contributed by atoms with E-state index in [1.807, 2.05) is 11.0 Å². The molecule has 0 unspecified atom stereocenters. The van der Waals surface area contributed by atoms with Crippen molar-refractivity contribution >= 4 is 40.3 Å². The minimum atomic E-state index is -4.65. The van der Waals surface area contributed by atoms with Crippen LogP contribution >= 0.6 is 22.9 Å². The number of carbonyl (C=O) groups is 1. The fourth-order valence-corrected chi connectivity index (χ4v) is 4.85. The number of aromatic nitrogens is 4. The summed E-state index contributed by atoms with van der Waals surface area (Å²) in [6, 6.07) is 6.79. The molecule has 4 heterocycles. The van der Waals surface area contributed by atoms with Crippen LogP contribution in [0.5, 0.6) is 0 Å². The maximum absolute atomic E-state index is 13.1. The van der Waals surface area contributed by atoms with Crippen LogP contribution in [0.2, 0.25) is 4.34 Å². The summed E-state index contributed by atoms with van der Waals surface area (Å²) in [7, 11) is 0. The van der Waals surface area contributed by atoms with Gasteiger partial charge in [0.2, 0.25) is 5.91 Å². The van der Waals surface area contributed by atoms with E-state index in [1.54, 1.807) is 23.1 Å². The summed E-state index contributed by atoms with van der Waals surface area (Å²) in [6.45, 7) is 5.65. The molecule has 1 fully saturated rings. The minimum Gasteiger partial charge on any atom is -0.355 e. The summed E-state index contributed by atoms with van der Waals surface area (Å²) >= 11 is 7.43. The highest BCUT2D eigenvalue weighted by Gasteiger charge is 2.38. The summed E-state index contributed by atoms with van der Waals surface area (Å²) in [5.41, 5.74) is 0.0277. The number of fused-ring (bicyclic) bond motifs is 1. The molecule has 0 aromatic carbocycles. The largest absolute Gasteiger partial charge is 0.453 e. The van der Waals surface area contributed by atoms with Crippen LogP contribution in [0.15, 0.2) is 36.9 Å². The van der Waals surface area contributed by atoms with Crippen LogP contribution in [0.1, 0.15) is 23.5 Å². The second kappa shape index (κ2) is 9.07. The number of hydrogen-bond donors (Lipinski definition) is 0. The molecule has 0 radical (unpaired) electrons. The first-order valence-corrected chi connectivity index (χ1v) is 11.1. The molecule has 12 heteroatoms. The Kier molecular flexibility index (Phi) is 6.38. The first-order chi connectivity index (χ1) is 15.3. The van der Waals surface area contributed by atoms with E-state index in [-0.39, 0.29) is 17.5 Å². The zero-order valence-corrected chi connectivity index (χ0v) is 18.5. The van der Waals surface area contributed by atoms with Crippen LogP contribution in [0.4, 0.5) is 19.0 Å². The molecule has 1 aliphatic rings. The third kappa shape index (κ3) is 4.73. The van der Waals surface area contributed by atoms with Crippen LogP contribution in [-0.2, 0) is 17.5 Å². The lowest BCUT2D eigenvalue weighted by Crippen LogP contribution is -2.42. The molecular formula is C20H20ClF3N6OS. The molecule has 1 amide bonds. The fourth-order valence-electron chi connectivity index (χ4n) is 3.75. The Morgan fingerprint density at radius 3 is 2.62 bits per heavy atom. The predicted molar refractivity (Wildman–Crippen MR) is 116 cm³/mol. The van der Waals surface area contributed by atoms with Gasteiger partial charge in [0.05, 0.1) is 10.9 Å². The number of rotatable bonds is 6. The molecule has 1 saturated heterocycles. The van der Waals surface area contributed by atoms with Crippen LogP contribution in [0.25, 0.3) is 5.65 Å². The van der Waals surface area contributed by atoms with Crippen molar-refractivity contribution in [2.24, 2.45) is 5.92 Å². The summed E-state index contributed by atoms with van der Waals surface area (Å²) in [5.74, 6) is -0.903. The normalized spacial score (nSPS) is 15.3. The molecule has 1 aliphatic heterocycles. The summed E-state index contributed by atoms with van der Waals surface area (Å²) in [5, 5.41) is 10.8. The van der Waals surface area contributed by atoms with Crippen molar-refractivity contribution in [2.45, 2.75) is 25.6 Å². The third-order valence-corrected chi connectivity index (χ3v) is 6.52. The van der Waals surface area contributed by atoms with Gasteiger partial charge in [-0.2, -0.15) is 17.7 Å².